The van der Waals surface area contributed by atoms with E-state index in [1.54, 1.807) is 13.8 Å². The van der Waals surface area contributed by atoms with Gasteiger partial charge in [0.25, 0.3) is 11.6 Å². The van der Waals surface area contributed by atoms with Crippen molar-refractivity contribution in [3.8, 4) is 0 Å². The highest BCUT2D eigenvalue weighted by atomic mass is 19.4. The smallest absolute Gasteiger partial charge is 0.356 e. The van der Waals surface area contributed by atoms with Crippen molar-refractivity contribution in [2.24, 2.45) is 5.73 Å². The zero-order chi connectivity index (χ0) is 18.6. The van der Waals surface area contributed by atoms with E-state index in [0.29, 0.717) is 36.5 Å². The highest BCUT2D eigenvalue weighted by Gasteiger charge is 2.36. The van der Waals surface area contributed by atoms with E-state index >= 15 is 0 Å². The molecule has 2 aromatic heterocycles. The van der Waals surface area contributed by atoms with E-state index in [0.717, 1.165) is 17.4 Å². The lowest BCUT2D eigenvalue weighted by Crippen LogP contribution is -2.25. The van der Waals surface area contributed by atoms with Crippen LogP contribution in [0.2, 0.25) is 0 Å². The van der Waals surface area contributed by atoms with Crippen molar-refractivity contribution in [2.45, 2.75) is 45.7 Å². The standard InChI is InChI=1S/C15H21F3N6O/c1-9-11(5-6-12(25)20-8-4-3-7-19)10(2)24-14(21-9)22-13(23-24)15(16,17)18/h3-8,19H2,1-2H3,(H,20,25). The monoisotopic (exact) mass is 358 g/mol. The van der Waals surface area contributed by atoms with Gasteiger partial charge in [-0.1, -0.05) is 0 Å². The number of carbonyl (C=O) groups excluding carboxylic acids is 1. The molecule has 0 bridgehead atoms. The molecule has 0 fully saturated rings. The maximum absolute atomic E-state index is 12.8. The van der Waals surface area contributed by atoms with Gasteiger partial charge < -0.3 is 11.1 Å². The summed E-state index contributed by atoms with van der Waals surface area (Å²) in [5, 5.41) is 6.28. The molecule has 0 radical (unpaired) electrons. The van der Waals surface area contributed by atoms with Crippen LogP contribution in [0.4, 0.5) is 13.2 Å². The summed E-state index contributed by atoms with van der Waals surface area (Å²) in [4.78, 5) is 19.4. The van der Waals surface area contributed by atoms with E-state index in [1.807, 2.05) is 0 Å². The van der Waals surface area contributed by atoms with E-state index in [9.17, 15) is 18.0 Å². The summed E-state index contributed by atoms with van der Waals surface area (Å²) in [5.74, 6) is -1.44. The number of unbranched alkanes of at least 4 members (excludes halogenated alkanes) is 1. The summed E-state index contributed by atoms with van der Waals surface area (Å²) < 4.78 is 39.4. The van der Waals surface area contributed by atoms with Crippen LogP contribution in [0.5, 0.6) is 0 Å². The molecule has 0 atom stereocenters. The summed E-state index contributed by atoms with van der Waals surface area (Å²) in [6.45, 7) is 4.47. The predicted octanol–water partition coefficient (Wildman–Crippen LogP) is 1.55. The lowest BCUT2D eigenvalue weighted by atomic mass is 10.1. The van der Waals surface area contributed by atoms with Gasteiger partial charge in [0.05, 0.1) is 0 Å². The van der Waals surface area contributed by atoms with E-state index < -0.39 is 12.0 Å². The number of carbonyl (C=O) groups is 1. The molecule has 0 spiro atoms. The van der Waals surface area contributed by atoms with Gasteiger partial charge in [0.2, 0.25) is 5.91 Å². The van der Waals surface area contributed by atoms with Gasteiger partial charge in [0.15, 0.2) is 0 Å². The van der Waals surface area contributed by atoms with Crippen molar-refractivity contribution in [3.05, 3.63) is 22.8 Å². The second-order valence-corrected chi connectivity index (χ2v) is 5.75. The summed E-state index contributed by atoms with van der Waals surface area (Å²) in [7, 11) is 0. The van der Waals surface area contributed by atoms with Gasteiger partial charge in [-0.2, -0.15) is 18.2 Å². The minimum absolute atomic E-state index is 0.0997. The fraction of sp³-hybridized carbons (Fsp3) is 0.600. The van der Waals surface area contributed by atoms with Crippen molar-refractivity contribution in [2.75, 3.05) is 13.1 Å². The maximum Gasteiger partial charge on any atom is 0.453 e. The van der Waals surface area contributed by atoms with Crippen molar-refractivity contribution < 1.29 is 18.0 Å². The van der Waals surface area contributed by atoms with Crippen molar-refractivity contribution in [1.29, 1.82) is 0 Å². The van der Waals surface area contributed by atoms with Crippen LogP contribution in [0, 0.1) is 13.8 Å². The van der Waals surface area contributed by atoms with Crippen molar-refractivity contribution >= 4 is 11.7 Å². The largest absolute Gasteiger partial charge is 0.453 e. The Morgan fingerprint density at radius 3 is 2.60 bits per heavy atom. The van der Waals surface area contributed by atoms with Gasteiger partial charge in [-0.3, -0.25) is 4.79 Å². The first-order valence-corrected chi connectivity index (χ1v) is 8.01. The molecular formula is C15H21F3N6O. The first-order valence-electron chi connectivity index (χ1n) is 8.01. The summed E-state index contributed by atoms with van der Waals surface area (Å²) in [6.07, 6.45) is -2.39. The van der Waals surface area contributed by atoms with E-state index in [1.165, 1.54) is 0 Å². The van der Waals surface area contributed by atoms with Crippen LogP contribution in [0.15, 0.2) is 0 Å². The number of aromatic nitrogens is 4. The first-order chi connectivity index (χ1) is 11.7. The zero-order valence-corrected chi connectivity index (χ0v) is 14.2. The SMILES string of the molecule is Cc1nc2nc(C(F)(F)F)nn2c(C)c1CCC(=O)NCCCCN. The maximum atomic E-state index is 12.8. The number of fused-ring (bicyclic) bond motifs is 1. The summed E-state index contributed by atoms with van der Waals surface area (Å²) in [6, 6.07) is 0. The van der Waals surface area contributed by atoms with Crippen LogP contribution in [0.1, 0.15) is 42.0 Å². The molecule has 3 N–H and O–H groups in total. The van der Waals surface area contributed by atoms with Gasteiger partial charge in [0.1, 0.15) is 0 Å². The number of halogens is 3. The Kier molecular flexibility index (Phi) is 5.93. The number of hydrogen-bond acceptors (Lipinski definition) is 5. The molecule has 2 rings (SSSR count). The molecule has 0 aliphatic rings. The van der Waals surface area contributed by atoms with Crippen LogP contribution in [-0.4, -0.2) is 38.6 Å². The highest BCUT2D eigenvalue weighted by molar-refractivity contribution is 5.76. The average molecular weight is 358 g/mol. The molecule has 0 saturated heterocycles. The summed E-state index contributed by atoms with van der Waals surface area (Å²) >= 11 is 0. The molecule has 2 heterocycles. The Balaban J connectivity index is 2.12. The number of nitrogens with zero attached hydrogens (tertiary/aromatic N) is 4. The molecule has 138 valence electrons. The highest BCUT2D eigenvalue weighted by Crippen LogP contribution is 2.27. The van der Waals surface area contributed by atoms with Crippen molar-refractivity contribution in [1.82, 2.24) is 24.9 Å². The molecule has 1 amide bonds. The second-order valence-electron chi connectivity index (χ2n) is 5.75. The number of rotatable bonds is 7. The summed E-state index contributed by atoms with van der Waals surface area (Å²) in [5.41, 5.74) is 7.13. The van der Waals surface area contributed by atoms with Crippen LogP contribution >= 0.6 is 0 Å². The number of amides is 1. The quantitative estimate of drug-likeness (QED) is 0.732. The number of nitrogens with two attached hydrogens (primary N) is 1. The lowest BCUT2D eigenvalue weighted by molar-refractivity contribution is -0.144. The van der Waals surface area contributed by atoms with Gasteiger partial charge in [-0.05, 0) is 45.2 Å². The van der Waals surface area contributed by atoms with E-state index in [-0.39, 0.29) is 18.1 Å². The van der Waals surface area contributed by atoms with Crippen LogP contribution in [0.3, 0.4) is 0 Å². The van der Waals surface area contributed by atoms with Gasteiger partial charge >= 0.3 is 6.18 Å². The fourth-order valence-corrected chi connectivity index (χ4v) is 2.51. The van der Waals surface area contributed by atoms with Gasteiger partial charge in [-0.25, -0.2) is 9.50 Å². The molecule has 10 heteroatoms. The topological polar surface area (TPSA) is 98.2 Å². The lowest BCUT2D eigenvalue weighted by Gasteiger charge is -2.10. The van der Waals surface area contributed by atoms with Crippen LogP contribution < -0.4 is 11.1 Å². The Morgan fingerprint density at radius 1 is 1.24 bits per heavy atom. The fourth-order valence-electron chi connectivity index (χ4n) is 2.51. The Labute approximate surface area is 142 Å². The predicted molar refractivity (Wildman–Crippen MR) is 84.9 cm³/mol. The first kappa shape index (κ1) is 19.1. The van der Waals surface area contributed by atoms with Crippen LogP contribution in [-0.2, 0) is 17.4 Å². The number of alkyl halides is 3. The Hall–Kier alpha value is -2.23. The van der Waals surface area contributed by atoms with Gasteiger partial charge in [-0.15, -0.1) is 5.10 Å². The third-order valence-electron chi connectivity index (χ3n) is 3.86. The Bertz CT molecular complexity index is 756. The molecule has 7 nitrogen and oxygen atoms in total. The molecule has 0 saturated carbocycles. The third kappa shape index (κ3) is 4.65. The minimum Gasteiger partial charge on any atom is -0.356 e. The van der Waals surface area contributed by atoms with Gasteiger partial charge in [0, 0.05) is 24.4 Å². The molecular weight excluding hydrogens is 337 g/mol. The minimum atomic E-state index is -4.63. The van der Waals surface area contributed by atoms with E-state index in [2.05, 4.69) is 20.4 Å². The molecule has 2 aromatic rings. The third-order valence-corrected chi connectivity index (χ3v) is 3.86. The molecule has 0 aliphatic carbocycles. The Morgan fingerprint density at radius 2 is 1.96 bits per heavy atom. The number of aryl methyl sites for hydroxylation is 2. The zero-order valence-electron chi connectivity index (χ0n) is 14.2. The second kappa shape index (κ2) is 7.77. The van der Waals surface area contributed by atoms with E-state index in [4.69, 9.17) is 5.73 Å². The van der Waals surface area contributed by atoms with Crippen LogP contribution in [0.25, 0.3) is 5.78 Å². The molecule has 0 unspecified atom stereocenters. The molecule has 0 aliphatic heterocycles. The normalized spacial score (nSPS) is 11.9. The molecule has 0 aromatic carbocycles. The number of nitrogens with one attached hydrogen (secondary N) is 1. The number of hydrogen-bond donors (Lipinski definition) is 2. The van der Waals surface area contributed by atoms with Crippen molar-refractivity contribution in [3.63, 3.8) is 0 Å². The average Bonchev–Trinajstić information content (AvgIpc) is 2.95. The molecule has 25 heavy (non-hydrogen) atoms.